The van der Waals surface area contributed by atoms with Gasteiger partial charge >= 0.3 is 0 Å². The molecule has 140 valence electrons. The van der Waals surface area contributed by atoms with E-state index in [2.05, 4.69) is 19.8 Å². The molecule has 3 rings (SSSR count). The maximum Gasteiger partial charge on any atom is 0.241 e. The van der Waals surface area contributed by atoms with Crippen LogP contribution in [0.2, 0.25) is 0 Å². The highest BCUT2D eigenvalue weighted by Crippen LogP contribution is 2.25. The van der Waals surface area contributed by atoms with Gasteiger partial charge in [-0.15, -0.1) is 0 Å². The first-order valence-electron chi connectivity index (χ1n) is 9.40. The molecule has 6 heteroatoms. The molecule has 0 bridgehead atoms. The Morgan fingerprint density at radius 3 is 2.62 bits per heavy atom. The number of hydrogen-bond acceptors (Lipinski definition) is 3. The Kier molecular flexibility index (Phi) is 6.39. The predicted molar refractivity (Wildman–Crippen MR) is 99.2 cm³/mol. The van der Waals surface area contributed by atoms with Gasteiger partial charge in [0.05, 0.1) is 0 Å². The molecule has 1 N–H and O–H groups in total. The van der Waals surface area contributed by atoms with Gasteiger partial charge in [-0.2, -0.15) is 0 Å². The van der Waals surface area contributed by atoms with Gasteiger partial charge in [-0.3, -0.25) is 9.69 Å². The molecule has 0 aliphatic carbocycles. The molecule has 5 nitrogen and oxygen atoms in total. The number of hydrogen-bond donors (Lipinski definition) is 1. The average molecular weight is 358 g/mol. The van der Waals surface area contributed by atoms with E-state index in [1.807, 2.05) is 13.1 Å². The van der Waals surface area contributed by atoms with E-state index in [4.69, 9.17) is 0 Å². The van der Waals surface area contributed by atoms with Gasteiger partial charge in [0.2, 0.25) is 5.91 Å². The van der Waals surface area contributed by atoms with E-state index in [0.717, 1.165) is 50.3 Å². The first kappa shape index (κ1) is 18.6. The molecule has 26 heavy (non-hydrogen) atoms. The van der Waals surface area contributed by atoms with Crippen LogP contribution in [-0.2, 0) is 11.3 Å². The van der Waals surface area contributed by atoms with Crippen LogP contribution in [0.25, 0.3) is 0 Å². The van der Waals surface area contributed by atoms with Crippen molar-refractivity contribution in [2.45, 2.75) is 45.2 Å². The lowest BCUT2D eigenvalue weighted by Gasteiger charge is -2.34. The van der Waals surface area contributed by atoms with Crippen LogP contribution in [0.5, 0.6) is 0 Å². The molecule has 1 aromatic carbocycles. The third kappa shape index (κ3) is 4.69. The third-order valence-corrected chi connectivity index (χ3v) is 4.99. The number of aryl methyl sites for hydroxylation is 2. The highest BCUT2D eigenvalue weighted by atomic mass is 19.1. The van der Waals surface area contributed by atoms with E-state index in [9.17, 15) is 9.18 Å². The predicted octanol–water partition coefficient (Wildman–Crippen LogP) is 3.06. The quantitative estimate of drug-likeness (QED) is 0.774. The second kappa shape index (κ2) is 8.94. The lowest BCUT2D eigenvalue weighted by atomic mass is 10.0. The van der Waals surface area contributed by atoms with Crippen molar-refractivity contribution in [3.8, 4) is 0 Å². The molecule has 1 amide bonds. The summed E-state index contributed by atoms with van der Waals surface area (Å²) in [7, 11) is 0. The van der Waals surface area contributed by atoms with Crippen molar-refractivity contribution in [3.05, 3.63) is 53.9 Å². The fourth-order valence-corrected chi connectivity index (χ4v) is 3.55. The summed E-state index contributed by atoms with van der Waals surface area (Å²) in [6.45, 7) is 5.23. The number of nitrogens with zero attached hydrogens (tertiary/aromatic N) is 3. The zero-order valence-electron chi connectivity index (χ0n) is 15.3. The van der Waals surface area contributed by atoms with Gasteiger partial charge in [-0.1, -0.05) is 18.6 Å². The molecule has 1 atom stereocenters. The van der Waals surface area contributed by atoms with Gasteiger partial charge in [0.1, 0.15) is 17.7 Å². The number of nitrogens with one attached hydrogen (secondary N) is 1. The summed E-state index contributed by atoms with van der Waals surface area (Å²) >= 11 is 0. The number of aromatic nitrogens is 2. The minimum absolute atomic E-state index is 0.000797. The number of carbonyl (C=O) groups excluding carboxylic acids is 1. The first-order valence-corrected chi connectivity index (χ1v) is 9.40. The third-order valence-electron chi connectivity index (χ3n) is 4.99. The van der Waals surface area contributed by atoms with Gasteiger partial charge in [0.25, 0.3) is 0 Å². The Morgan fingerprint density at radius 1 is 1.23 bits per heavy atom. The number of likely N-dealkylation sites (tertiary alicyclic amines) is 1. The van der Waals surface area contributed by atoms with E-state index in [1.54, 1.807) is 18.3 Å². The van der Waals surface area contributed by atoms with Crippen molar-refractivity contribution in [2.24, 2.45) is 0 Å². The number of amides is 1. The minimum atomic E-state index is -0.342. The van der Waals surface area contributed by atoms with Gasteiger partial charge in [0.15, 0.2) is 0 Å². The van der Waals surface area contributed by atoms with Crippen LogP contribution in [0.15, 0.2) is 36.7 Å². The molecule has 2 heterocycles. The molecule has 1 aliphatic heterocycles. The lowest BCUT2D eigenvalue weighted by molar-refractivity contribution is -0.127. The standard InChI is InChI=1S/C20H27FN4O/c1-16-22-11-15-24(16)14-5-10-23-20(26)19(25-12-3-2-4-13-25)17-6-8-18(21)9-7-17/h6-9,11,15,19H,2-5,10,12-14H2,1H3,(H,23,26)/t19-/m0/s1. The summed E-state index contributed by atoms with van der Waals surface area (Å²) in [6, 6.07) is 5.97. The number of imidazole rings is 1. The van der Waals surface area contributed by atoms with E-state index in [-0.39, 0.29) is 17.8 Å². The number of carbonyl (C=O) groups is 1. The zero-order chi connectivity index (χ0) is 18.4. The van der Waals surface area contributed by atoms with Crippen molar-refractivity contribution >= 4 is 5.91 Å². The molecular weight excluding hydrogens is 331 g/mol. The fourth-order valence-electron chi connectivity index (χ4n) is 3.55. The normalized spacial score (nSPS) is 16.4. The van der Waals surface area contributed by atoms with Crippen LogP contribution in [0.3, 0.4) is 0 Å². The summed E-state index contributed by atoms with van der Waals surface area (Å²) in [6.07, 6.45) is 7.99. The van der Waals surface area contributed by atoms with Crippen molar-refractivity contribution in [1.82, 2.24) is 19.8 Å². The van der Waals surface area contributed by atoms with Gasteiger partial charge < -0.3 is 9.88 Å². The van der Waals surface area contributed by atoms with Crippen LogP contribution in [0.4, 0.5) is 4.39 Å². The molecular formula is C20H27FN4O. The monoisotopic (exact) mass is 358 g/mol. The highest BCUT2D eigenvalue weighted by molar-refractivity contribution is 5.83. The summed E-state index contributed by atoms with van der Waals surface area (Å²) in [5.74, 6) is 0.706. The summed E-state index contributed by atoms with van der Waals surface area (Å²) < 4.78 is 15.4. The summed E-state index contributed by atoms with van der Waals surface area (Å²) in [4.78, 5) is 19.3. The molecule has 0 unspecified atom stereocenters. The van der Waals surface area contributed by atoms with Crippen LogP contribution >= 0.6 is 0 Å². The zero-order valence-corrected chi connectivity index (χ0v) is 15.3. The fraction of sp³-hybridized carbons (Fsp3) is 0.500. The second-order valence-corrected chi connectivity index (χ2v) is 6.86. The molecule has 1 aliphatic rings. The first-order chi connectivity index (χ1) is 12.6. The van der Waals surface area contributed by atoms with Gasteiger partial charge in [-0.05, 0) is 57.0 Å². The Morgan fingerprint density at radius 2 is 1.96 bits per heavy atom. The van der Waals surface area contributed by atoms with E-state index < -0.39 is 0 Å². The van der Waals surface area contributed by atoms with E-state index in [1.165, 1.54) is 18.6 Å². The molecule has 0 spiro atoms. The Balaban J connectivity index is 1.60. The van der Waals surface area contributed by atoms with E-state index >= 15 is 0 Å². The number of piperidine rings is 1. The smallest absolute Gasteiger partial charge is 0.241 e. The van der Waals surface area contributed by atoms with Crippen LogP contribution in [-0.4, -0.2) is 40.0 Å². The molecule has 0 saturated carbocycles. The molecule has 1 fully saturated rings. The Hall–Kier alpha value is -2.21. The number of halogens is 1. The van der Waals surface area contributed by atoms with Crippen LogP contribution in [0, 0.1) is 12.7 Å². The number of rotatable bonds is 7. The Bertz CT molecular complexity index is 707. The van der Waals surface area contributed by atoms with Crippen LogP contribution < -0.4 is 5.32 Å². The highest BCUT2D eigenvalue weighted by Gasteiger charge is 2.28. The van der Waals surface area contributed by atoms with Gasteiger partial charge in [0, 0.05) is 25.5 Å². The summed E-state index contributed by atoms with van der Waals surface area (Å²) in [5, 5.41) is 3.07. The van der Waals surface area contributed by atoms with E-state index in [0.29, 0.717) is 6.54 Å². The number of benzene rings is 1. The molecule has 2 aromatic rings. The van der Waals surface area contributed by atoms with Crippen molar-refractivity contribution in [3.63, 3.8) is 0 Å². The average Bonchev–Trinajstić information content (AvgIpc) is 3.06. The SMILES string of the molecule is Cc1nccn1CCCNC(=O)[C@H](c1ccc(F)cc1)N1CCCCC1. The molecule has 1 saturated heterocycles. The van der Waals surface area contributed by atoms with Crippen molar-refractivity contribution in [2.75, 3.05) is 19.6 Å². The molecule has 1 aromatic heterocycles. The van der Waals surface area contributed by atoms with Crippen molar-refractivity contribution < 1.29 is 9.18 Å². The topological polar surface area (TPSA) is 50.2 Å². The van der Waals surface area contributed by atoms with Gasteiger partial charge in [-0.25, -0.2) is 9.37 Å². The second-order valence-electron chi connectivity index (χ2n) is 6.86. The van der Waals surface area contributed by atoms with Crippen molar-refractivity contribution in [1.29, 1.82) is 0 Å². The minimum Gasteiger partial charge on any atom is -0.354 e. The lowest BCUT2D eigenvalue weighted by Crippen LogP contribution is -2.43. The maximum absolute atomic E-state index is 13.3. The largest absolute Gasteiger partial charge is 0.354 e. The molecule has 0 radical (unpaired) electrons. The Labute approximate surface area is 154 Å². The summed E-state index contributed by atoms with van der Waals surface area (Å²) in [5.41, 5.74) is 0.858. The van der Waals surface area contributed by atoms with Crippen LogP contribution in [0.1, 0.15) is 43.1 Å². The maximum atomic E-state index is 13.3.